The Bertz CT molecular complexity index is 1150. The molecular formula is C24H23ClF2O6. The summed E-state index contributed by atoms with van der Waals surface area (Å²) in [6.45, 7) is -0.565. The summed E-state index contributed by atoms with van der Waals surface area (Å²) in [4.78, 5) is 0. The van der Waals surface area contributed by atoms with Gasteiger partial charge in [-0.3, -0.25) is 0 Å². The molecule has 176 valence electrons. The van der Waals surface area contributed by atoms with E-state index in [0.29, 0.717) is 32.5 Å². The first-order valence-corrected chi connectivity index (χ1v) is 10.7. The van der Waals surface area contributed by atoms with Crippen molar-refractivity contribution in [3.05, 3.63) is 75.8 Å². The van der Waals surface area contributed by atoms with Crippen LogP contribution >= 0.6 is 11.6 Å². The Morgan fingerprint density at radius 3 is 2.21 bits per heavy atom. The normalized spacial score (nSPS) is 25.4. The summed E-state index contributed by atoms with van der Waals surface area (Å²) in [5.74, 6) is -2.18. The summed E-state index contributed by atoms with van der Waals surface area (Å²) >= 11 is 6.64. The lowest BCUT2D eigenvalue weighted by Gasteiger charge is -2.40. The lowest BCUT2D eigenvalue weighted by molar-refractivity contribution is -0.231. The molecule has 3 aromatic rings. The highest BCUT2D eigenvalue weighted by molar-refractivity contribution is 6.36. The quantitative estimate of drug-likeness (QED) is 0.448. The smallest absolute Gasteiger partial charge is 0.190 e. The van der Waals surface area contributed by atoms with Crippen LogP contribution in [-0.4, -0.2) is 58.6 Å². The molecule has 1 saturated heterocycles. The number of hydrogen-bond acceptors (Lipinski definition) is 6. The van der Waals surface area contributed by atoms with E-state index < -0.39 is 54.5 Å². The highest BCUT2D eigenvalue weighted by Gasteiger charge is 2.44. The van der Waals surface area contributed by atoms with Crippen LogP contribution in [0.1, 0.15) is 22.8 Å². The average Bonchev–Trinajstić information content (AvgIpc) is 2.80. The van der Waals surface area contributed by atoms with E-state index >= 15 is 0 Å². The summed E-state index contributed by atoms with van der Waals surface area (Å²) in [5, 5.41) is 42.2. The molecular weight excluding hydrogens is 458 g/mol. The zero-order valence-electron chi connectivity index (χ0n) is 17.6. The summed E-state index contributed by atoms with van der Waals surface area (Å²) in [5.41, 5.74) is 1.27. The van der Waals surface area contributed by atoms with Gasteiger partial charge in [0.05, 0.1) is 18.7 Å². The van der Waals surface area contributed by atoms with E-state index in [-0.39, 0.29) is 6.42 Å². The number of hydrogen-bond donors (Lipinski definition) is 4. The third-order valence-corrected chi connectivity index (χ3v) is 6.39. The third-order valence-electron chi connectivity index (χ3n) is 5.94. The maximum absolute atomic E-state index is 14.2. The van der Waals surface area contributed by atoms with Crippen molar-refractivity contribution >= 4 is 22.4 Å². The van der Waals surface area contributed by atoms with E-state index in [1.807, 2.05) is 0 Å². The van der Waals surface area contributed by atoms with Crippen molar-refractivity contribution in [2.45, 2.75) is 36.9 Å². The first-order chi connectivity index (χ1) is 15.8. The monoisotopic (exact) mass is 480 g/mol. The van der Waals surface area contributed by atoms with E-state index in [9.17, 15) is 29.2 Å². The Morgan fingerprint density at radius 1 is 0.970 bits per heavy atom. The number of aliphatic hydroxyl groups excluding tert-OH is 4. The first-order valence-electron chi connectivity index (χ1n) is 10.3. The largest absolute Gasteiger partial charge is 0.491 e. The van der Waals surface area contributed by atoms with Gasteiger partial charge in [0.15, 0.2) is 17.4 Å². The van der Waals surface area contributed by atoms with Crippen LogP contribution in [0.25, 0.3) is 10.8 Å². The van der Waals surface area contributed by atoms with Gasteiger partial charge in [0.2, 0.25) is 0 Å². The lowest BCUT2D eigenvalue weighted by Crippen LogP contribution is -2.55. The Labute approximate surface area is 193 Å². The molecule has 3 aromatic carbocycles. The number of halogens is 3. The maximum atomic E-state index is 14.2. The fourth-order valence-electron chi connectivity index (χ4n) is 4.28. The van der Waals surface area contributed by atoms with Crippen LogP contribution in [0.2, 0.25) is 5.02 Å². The summed E-state index contributed by atoms with van der Waals surface area (Å²) in [7, 11) is 1.17. The van der Waals surface area contributed by atoms with Crippen molar-refractivity contribution < 1.29 is 38.7 Å². The molecule has 1 heterocycles. The predicted molar refractivity (Wildman–Crippen MR) is 117 cm³/mol. The zero-order valence-corrected chi connectivity index (χ0v) is 18.3. The van der Waals surface area contributed by atoms with E-state index in [1.165, 1.54) is 7.11 Å². The molecule has 4 N–H and O–H groups in total. The molecule has 33 heavy (non-hydrogen) atoms. The van der Waals surface area contributed by atoms with Crippen LogP contribution in [0.3, 0.4) is 0 Å². The van der Waals surface area contributed by atoms with Crippen LogP contribution in [0.4, 0.5) is 8.78 Å². The van der Waals surface area contributed by atoms with Crippen LogP contribution in [0, 0.1) is 11.6 Å². The molecule has 1 fully saturated rings. The van der Waals surface area contributed by atoms with Gasteiger partial charge in [-0.25, -0.2) is 8.78 Å². The minimum absolute atomic E-state index is 0.0614. The van der Waals surface area contributed by atoms with Crippen LogP contribution in [0.15, 0.2) is 42.5 Å². The van der Waals surface area contributed by atoms with Crippen molar-refractivity contribution in [3.8, 4) is 5.75 Å². The third kappa shape index (κ3) is 4.30. The molecule has 9 heteroatoms. The molecule has 0 unspecified atom stereocenters. The Hall–Kier alpha value is -2.33. The molecule has 0 spiro atoms. The van der Waals surface area contributed by atoms with Gasteiger partial charge in [-0.05, 0) is 40.6 Å². The maximum Gasteiger partial charge on any atom is 0.190 e. The van der Waals surface area contributed by atoms with Gasteiger partial charge < -0.3 is 29.9 Å². The van der Waals surface area contributed by atoms with E-state index in [4.69, 9.17) is 21.1 Å². The van der Waals surface area contributed by atoms with Gasteiger partial charge in [-0.15, -0.1) is 0 Å². The molecule has 1 aliphatic rings. The number of methoxy groups -OCH3 is 1. The van der Waals surface area contributed by atoms with Gasteiger partial charge in [0, 0.05) is 5.39 Å². The zero-order chi connectivity index (χ0) is 23.9. The molecule has 6 nitrogen and oxygen atoms in total. The summed E-state index contributed by atoms with van der Waals surface area (Å²) in [6, 6.07) is 11.0. The minimum atomic E-state index is -1.55. The van der Waals surface area contributed by atoms with Gasteiger partial charge in [-0.2, -0.15) is 0 Å². The van der Waals surface area contributed by atoms with E-state index in [0.717, 1.165) is 12.1 Å². The van der Waals surface area contributed by atoms with Crippen molar-refractivity contribution in [2.24, 2.45) is 0 Å². The van der Waals surface area contributed by atoms with Crippen molar-refractivity contribution in [3.63, 3.8) is 0 Å². The van der Waals surface area contributed by atoms with E-state index in [1.54, 1.807) is 30.3 Å². The number of rotatable bonds is 5. The molecule has 1 aliphatic heterocycles. The molecule has 0 radical (unpaired) electrons. The summed E-state index contributed by atoms with van der Waals surface area (Å²) in [6.07, 6.45) is -6.66. The number of benzene rings is 3. The van der Waals surface area contributed by atoms with Gasteiger partial charge in [0.1, 0.15) is 30.5 Å². The lowest BCUT2D eigenvalue weighted by atomic mass is 9.87. The van der Waals surface area contributed by atoms with E-state index in [2.05, 4.69) is 0 Å². The second-order valence-electron chi connectivity index (χ2n) is 8.00. The van der Waals surface area contributed by atoms with Gasteiger partial charge in [0.25, 0.3) is 0 Å². The fourth-order valence-corrected chi connectivity index (χ4v) is 4.57. The highest BCUT2D eigenvalue weighted by atomic mass is 35.5. The average molecular weight is 481 g/mol. The first kappa shape index (κ1) is 23.8. The van der Waals surface area contributed by atoms with Crippen molar-refractivity contribution in [1.82, 2.24) is 0 Å². The SMILES string of the molecule is COc1c(F)cc(Cc2cc([C@@H]3O[C@H](CO)[C@@H](O)[C@H](O)[C@H]3O)c3ccccc3c2Cl)cc1F. The second-order valence-corrected chi connectivity index (χ2v) is 8.38. The molecule has 0 amide bonds. The van der Waals surface area contributed by atoms with Crippen molar-refractivity contribution in [1.29, 1.82) is 0 Å². The topological polar surface area (TPSA) is 99.4 Å². The minimum Gasteiger partial charge on any atom is -0.491 e. The number of ether oxygens (including phenoxy) is 2. The molecule has 0 aliphatic carbocycles. The highest BCUT2D eigenvalue weighted by Crippen LogP contribution is 2.40. The van der Waals surface area contributed by atoms with Crippen LogP contribution in [0.5, 0.6) is 5.75 Å². The van der Waals surface area contributed by atoms with Gasteiger partial charge >= 0.3 is 0 Å². The molecule has 5 atom stereocenters. The van der Waals surface area contributed by atoms with Gasteiger partial charge in [-0.1, -0.05) is 41.9 Å². The fraction of sp³-hybridized carbons (Fsp3) is 0.333. The summed E-state index contributed by atoms with van der Waals surface area (Å²) < 4.78 is 38.9. The number of aliphatic hydroxyl groups is 4. The second kappa shape index (κ2) is 9.50. The molecule has 4 rings (SSSR count). The predicted octanol–water partition coefficient (Wildman–Crippen LogP) is 2.89. The van der Waals surface area contributed by atoms with Crippen LogP contribution in [-0.2, 0) is 11.2 Å². The standard InChI is InChI=1S/C24H23ClF2O6/c1-32-24-16(26)7-11(8-17(24)27)6-12-9-15(13-4-2-3-5-14(13)19(12)25)23-22(31)21(30)20(29)18(10-28)33-23/h2-5,7-9,18,20-23,28-31H,6,10H2,1H3/t18-,20-,21+,22-,23+/m1/s1. The molecule has 0 bridgehead atoms. The number of fused-ring (bicyclic) bond motifs is 1. The Balaban J connectivity index is 1.83. The molecule has 0 saturated carbocycles. The molecule has 0 aromatic heterocycles. The van der Waals surface area contributed by atoms with Crippen LogP contribution < -0.4 is 4.74 Å². The Morgan fingerprint density at radius 2 is 1.61 bits per heavy atom. The Kier molecular flexibility index (Phi) is 6.86. The van der Waals surface area contributed by atoms with Crippen molar-refractivity contribution in [2.75, 3.05) is 13.7 Å².